The highest BCUT2D eigenvalue weighted by Gasteiger charge is 2.21. The quantitative estimate of drug-likeness (QED) is 0.940. The van der Waals surface area contributed by atoms with E-state index in [9.17, 15) is 4.39 Å². The van der Waals surface area contributed by atoms with Crippen molar-refractivity contribution in [2.45, 2.75) is 45.6 Å². The maximum Gasteiger partial charge on any atom is 0.133 e. The summed E-state index contributed by atoms with van der Waals surface area (Å²) in [4.78, 5) is 9.26. The molecule has 3 nitrogen and oxygen atoms in total. The summed E-state index contributed by atoms with van der Waals surface area (Å²) in [5.41, 5.74) is 3.89. The van der Waals surface area contributed by atoms with Crippen molar-refractivity contribution in [3.63, 3.8) is 0 Å². The van der Waals surface area contributed by atoms with Crippen LogP contribution >= 0.6 is 0 Å². The summed E-state index contributed by atoms with van der Waals surface area (Å²) in [6.45, 7) is 5.12. The molecule has 1 aliphatic heterocycles. The fourth-order valence-electron chi connectivity index (χ4n) is 3.29. The van der Waals surface area contributed by atoms with Gasteiger partial charge in [0.25, 0.3) is 0 Å². The van der Waals surface area contributed by atoms with E-state index < -0.39 is 0 Å². The number of nitrogens with one attached hydrogen (secondary N) is 1. The highest BCUT2D eigenvalue weighted by Crippen LogP contribution is 2.27. The second kappa shape index (κ2) is 6.53. The molecule has 1 atom stereocenters. The Morgan fingerprint density at radius 3 is 2.50 bits per heavy atom. The molecule has 22 heavy (non-hydrogen) atoms. The van der Waals surface area contributed by atoms with Crippen molar-refractivity contribution in [2.75, 3.05) is 6.54 Å². The minimum Gasteiger partial charge on any atom is -0.310 e. The van der Waals surface area contributed by atoms with Crippen molar-refractivity contribution < 1.29 is 4.39 Å². The van der Waals surface area contributed by atoms with Crippen molar-refractivity contribution in [3.05, 3.63) is 58.4 Å². The monoisotopic (exact) mass is 299 g/mol. The lowest BCUT2D eigenvalue weighted by molar-refractivity contribution is 0.407. The van der Waals surface area contributed by atoms with Crippen LogP contribution in [-0.2, 0) is 6.42 Å². The van der Waals surface area contributed by atoms with Gasteiger partial charge in [0.05, 0.1) is 0 Å². The molecule has 0 bridgehead atoms. The Bertz CT molecular complexity index is 640. The summed E-state index contributed by atoms with van der Waals surface area (Å²) >= 11 is 0. The van der Waals surface area contributed by atoms with E-state index in [-0.39, 0.29) is 5.82 Å². The molecule has 1 aromatic carbocycles. The van der Waals surface area contributed by atoms with Gasteiger partial charge in [-0.3, -0.25) is 0 Å². The Morgan fingerprint density at radius 1 is 1.14 bits per heavy atom. The number of piperidine rings is 1. The lowest BCUT2D eigenvalue weighted by Crippen LogP contribution is -2.28. The molecule has 0 spiro atoms. The summed E-state index contributed by atoms with van der Waals surface area (Å²) < 4.78 is 13.8. The Morgan fingerprint density at radius 2 is 1.86 bits per heavy atom. The predicted octanol–water partition coefficient (Wildman–Crippen LogP) is 3.64. The molecule has 1 N–H and O–H groups in total. The lowest BCUT2D eigenvalue weighted by Gasteiger charge is -2.26. The number of benzene rings is 1. The average Bonchev–Trinajstić information content (AvgIpc) is 2.50. The van der Waals surface area contributed by atoms with Gasteiger partial charge in [0, 0.05) is 29.4 Å². The van der Waals surface area contributed by atoms with Crippen molar-refractivity contribution in [3.8, 4) is 0 Å². The molecule has 0 saturated carbocycles. The normalized spacial score (nSPS) is 18.4. The van der Waals surface area contributed by atoms with Crippen LogP contribution in [0.15, 0.2) is 24.3 Å². The second-order valence-corrected chi connectivity index (χ2v) is 6.00. The lowest BCUT2D eigenvalue weighted by atomic mass is 9.95. The standard InChI is InChI=1S/C18H22FN3/c1-12-18(16-9-5-6-10-20-16)13(2)22-17(21-12)11-14-7-3-4-8-15(14)19/h3-4,7-8,16,20H,5-6,9-11H2,1-2H3. The first-order chi connectivity index (χ1) is 10.6. The molecule has 116 valence electrons. The van der Waals surface area contributed by atoms with Gasteiger partial charge in [-0.1, -0.05) is 24.6 Å². The van der Waals surface area contributed by atoms with Crippen LogP contribution in [0, 0.1) is 19.7 Å². The molecular formula is C18H22FN3. The number of rotatable bonds is 3. The molecule has 1 aliphatic rings. The largest absolute Gasteiger partial charge is 0.310 e. The molecule has 3 rings (SSSR count). The Labute approximate surface area is 131 Å². The van der Waals surface area contributed by atoms with Crippen molar-refractivity contribution in [1.82, 2.24) is 15.3 Å². The zero-order valence-electron chi connectivity index (χ0n) is 13.2. The molecule has 1 unspecified atom stereocenters. The van der Waals surface area contributed by atoms with E-state index in [0.29, 0.717) is 23.9 Å². The van der Waals surface area contributed by atoms with Crippen LogP contribution in [0.1, 0.15) is 53.6 Å². The second-order valence-electron chi connectivity index (χ2n) is 6.00. The first-order valence-corrected chi connectivity index (χ1v) is 7.96. The van der Waals surface area contributed by atoms with Gasteiger partial charge >= 0.3 is 0 Å². The van der Waals surface area contributed by atoms with Crippen molar-refractivity contribution in [2.24, 2.45) is 0 Å². The number of halogens is 1. The molecule has 1 fully saturated rings. The maximum atomic E-state index is 13.8. The molecule has 0 aliphatic carbocycles. The van der Waals surface area contributed by atoms with Crippen molar-refractivity contribution in [1.29, 1.82) is 0 Å². The van der Waals surface area contributed by atoms with E-state index >= 15 is 0 Å². The van der Waals surface area contributed by atoms with Gasteiger partial charge in [-0.25, -0.2) is 14.4 Å². The summed E-state index contributed by atoms with van der Waals surface area (Å²) in [5, 5.41) is 3.56. The summed E-state index contributed by atoms with van der Waals surface area (Å²) in [6.07, 6.45) is 4.05. The number of aryl methyl sites for hydroxylation is 2. The fraction of sp³-hybridized carbons (Fsp3) is 0.444. The van der Waals surface area contributed by atoms with Crippen LogP contribution in [0.4, 0.5) is 4.39 Å². The topological polar surface area (TPSA) is 37.8 Å². The number of nitrogens with zero attached hydrogens (tertiary/aromatic N) is 2. The summed E-state index contributed by atoms with van der Waals surface area (Å²) in [5.74, 6) is 0.499. The first kappa shape index (κ1) is 15.1. The van der Waals surface area contributed by atoms with Gasteiger partial charge in [0.1, 0.15) is 11.6 Å². The number of aromatic nitrogens is 2. The van der Waals surface area contributed by atoms with Crippen molar-refractivity contribution >= 4 is 0 Å². The zero-order valence-corrected chi connectivity index (χ0v) is 13.2. The SMILES string of the molecule is Cc1nc(Cc2ccccc2F)nc(C)c1C1CCCCN1. The molecule has 4 heteroatoms. The van der Waals surface area contributed by atoms with Crippen LogP contribution in [0.3, 0.4) is 0 Å². The van der Waals surface area contributed by atoms with E-state index in [4.69, 9.17) is 0 Å². The van der Waals surface area contributed by atoms with Gasteiger partial charge in [0.15, 0.2) is 0 Å². The Hall–Kier alpha value is -1.81. The van der Waals surface area contributed by atoms with Gasteiger partial charge in [-0.15, -0.1) is 0 Å². The molecule has 1 saturated heterocycles. The highest BCUT2D eigenvalue weighted by atomic mass is 19.1. The van der Waals surface area contributed by atoms with E-state index in [1.807, 2.05) is 19.9 Å². The van der Waals surface area contributed by atoms with Gasteiger partial charge in [-0.2, -0.15) is 0 Å². The molecule has 2 heterocycles. The molecular weight excluding hydrogens is 277 g/mol. The number of hydrogen-bond acceptors (Lipinski definition) is 3. The summed E-state index contributed by atoms with van der Waals surface area (Å²) in [6, 6.07) is 7.18. The third-order valence-corrected chi connectivity index (χ3v) is 4.34. The Balaban J connectivity index is 1.87. The smallest absolute Gasteiger partial charge is 0.133 e. The minimum atomic E-state index is -0.195. The van der Waals surface area contributed by atoms with E-state index in [0.717, 1.165) is 24.4 Å². The van der Waals surface area contributed by atoms with Gasteiger partial charge in [-0.05, 0) is 44.9 Å². The van der Waals surface area contributed by atoms with Crippen LogP contribution in [0.2, 0.25) is 0 Å². The highest BCUT2D eigenvalue weighted by molar-refractivity contribution is 5.30. The number of hydrogen-bond donors (Lipinski definition) is 1. The first-order valence-electron chi connectivity index (χ1n) is 7.96. The third-order valence-electron chi connectivity index (χ3n) is 4.34. The maximum absolute atomic E-state index is 13.8. The molecule has 0 radical (unpaired) electrons. The van der Waals surface area contributed by atoms with Crippen LogP contribution in [0.5, 0.6) is 0 Å². The van der Waals surface area contributed by atoms with Crippen LogP contribution in [-0.4, -0.2) is 16.5 Å². The van der Waals surface area contributed by atoms with Gasteiger partial charge in [0.2, 0.25) is 0 Å². The van der Waals surface area contributed by atoms with E-state index in [2.05, 4.69) is 15.3 Å². The van der Waals surface area contributed by atoms with Gasteiger partial charge < -0.3 is 5.32 Å². The average molecular weight is 299 g/mol. The Kier molecular flexibility index (Phi) is 4.48. The van der Waals surface area contributed by atoms with Crippen LogP contribution in [0.25, 0.3) is 0 Å². The molecule has 0 amide bonds. The third kappa shape index (κ3) is 3.17. The predicted molar refractivity (Wildman–Crippen MR) is 85.3 cm³/mol. The zero-order chi connectivity index (χ0) is 15.5. The van der Waals surface area contributed by atoms with Crippen LogP contribution < -0.4 is 5.32 Å². The fourth-order valence-corrected chi connectivity index (χ4v) is 3.29. The summed E-state index contributed by atoms with van der Waals surface area (Å²) in [7, 11) is 0. The van der Waals surface area contributed by atoms with E-state index in [1.165, 1.54) is 24.5 Å². The molecule has 2 aromatic rings. The minimum absolute atomic E-state index is 0.195. The molecule has 1 aromatic heterocycles. The van der Waals surface area contributed by atoms with E-state index in [1.54, 1.807) is 12.1 Å².